The van der Waals surface area contributed by atoms with Gasteiger partial charge in [-0.2, -0.15) is 0 Å². The summed E-state index contributed by atoms with van der Waals surface area (Å²) in [7, 11) is 0. The molecule has 0 unspecified atom stereocenters. The molecule has 0 radical (unpaired) electrons. The van der Waals surface area contributed by atoms with Crippen LogP contribution in [0.1, 0.15) is 29.3 Å². The van der Waals surface area contributed by atoms with E-state index in [1.54, 1.807) is 11.3 Å². The molecule has 3 heterocycles. The van der Waals surface area contributed by atoms with Crippen LogP contribution in [-0.2, 0) is 16.0 Å². The Hall–Kier alpha value is -1.54. The Morgan fingerprint density at radius 1 is 1.25 bits per heavy atom. The Labute approximate surface area is 146 Å². The van der Waals surface area contributed by atoms with Crippen LogP contribution >= 0.6 is 11.3 Å². The first-order chi connectivity index (χ1) is 11.6. The van der Waals surface area contributed by atoms with Crippen LogP contribution in [0, 0.1) is 18.8 Å². The van der Waals surface area contributed by atoms with E-state index in [0.29, 0.717) is 32.5 Å². The van der Waals surface area contributed by atoms with Crippen LogP contribution in [0.25, 0.3) is 0 Å². The molecule has 0 aromatic carbocycles. The van der Waals surface area contributed by atoms with Crippen molar-refractivity contribution in [1.82, 2.24) is 25.7 Å². The maximum atomic E-state index is 12.5. The number of nitrogens with one attached hydrogen (secondary N) is 2. The molecule has 0 saturated carbocycles. The van der Waals surface area contributed by atoms with Crippen molar-refractivity contribution in [3.05, 3.63) is 10.0 Å². The van der Waals surface area contributed by atoms with Crippen LogP contribution in [0.3, 0.4) is 0 Å². The van der Waals surface area contributed by atoms with Gasteiger partial charge in [0.15, 0.2) is 0 Å². The monoisotopic (exact) mass is 351 g/mol. The number of aryl methyl sites for hydroxylation is 1. The summed E-state index contributed by atoms with van der Waals surface area (Å²) in [6.45, 7) is 5.55. The molecule has 0 aliphatic carbocycles. The molecule has 2 fully saturated rings. The number of carbonyl (C=O) groups excluding carboxylic acids is 2. The van der Waals surface area contributed by atoms with Gasteiger partial charge in [-0.15, -0.1) is 21.5 Å². The van der Waals surface area contributed by atoms with Crippen LogP contribution in [0.5, 0.6) is 0 Å². The molecule has 2 saturated heterocycles. The highest BCUT2D eigenvalue weighted by Crippen LogP contribution is 2.21. The van der Waals surface area contributed by atoms with Gasteiger partial charge in [0.05, 0.1) is 11.8 Å². The van der Waals surface area contributed by atoms with Crippen molar-refractivity contribution >= 4 is 23.2 Å². The molecule has 1 aromatic rings. The number of amides is 2. The number of hydrogen-bond donors (Lipinski definition) is 2. The van der Waals surface area contributed by atoms with E-state index < -0.39 is 0 Å². The zero-order chi connectivity index (χ0) is 16.9. The third kappa shape index (κ3) is 4.30. The standard InChI is InChI=1S/C16H25N5O2S/c1-11-19-20-14(24-11)4-5-18-15(22)12-8-13(10-17-9-12)16(23)21-6-2-3-7-21/h12-13,17H,2-10H2,1H3,(H,18,22)/t12-,13+/m1/s1. The smallest absolute Gasteiger partial charge is 0.226 e. The molecule has 8 heteroatoms. The molecule has 7 nitrogen and oxygen atoms in total. The van der Waals surface area contributed by atoms with E-state index in [-0.39, 0.29) is 23.7 Å². The number of aromatic nitrogens is 2. The second-order valence-electron chi connectivity index (χ2n) is 6.58. The third-order valence-electron chi connectivity index (χ3n) is 4.69. The van der Waals surface area contributed by atoms with Crippen molar-refractivity contribution in [3.8, 4) is 0 Å². The topological polar surface area (TPSA) is 87.2 Å². The SMILES string of the molecule is Cc1nnc(CCNC(=O)[C@H]2CNC[C@@H](C(=O)N3CCCC3)C2)s1. The van der Waals surface area contributed by atoms with E-state index in [0.717, 1.165) is 35.9 Å². The summed E-state index contributed by atoms with van der Waals surface area (Å²) in [6.07, 6.45) is 3.54. The van der Waals surface area contributed by atoms with E-state index in [2.05, 4.69) is 20.8 Å². The summed E-state index contributed by atoms with van der Waals surface area (Å²) >= 11 is 1.56. The molecule has 132 valence electrons. The van der Waals surface area contributed by atoms with Crippen LogP contribution < -0.4 is 10.6 Å². The van der Waals surface area contributed by atoms with Gasteiger partial charge in [0.25, 0.3) is 0 Å². The Kier molecular flexibility index (Phi) is 5.78. The number of carbonyl (C=O) groups is 2. The minimum atomic E-state index is -0.133. The maximum absolute atomic E-state index is 12.5. The third-order valence-corrected chi connectivity index (χ3v) is 5.59. The van der Waals surface area contributed by atoms with E-state index in [4.69, 9.17) is 0 Å². The number of rotatable bonds is 5. The van der Waals surface area contributed by atoms with E-state index in [1.807, 2.05) is 11.8 Å². The summed E-state index contributed by atoms with van der Waals surface area (Å²) in [5.41, 5.74) is 0. The van der Waals surface area contributed by atoms with Gasteiger partial charge in [-0.05, 0) is 26.2 Å². The van der Waals surface area contributed by atoms with Gasteiger partial charge in [-0.1, -0.05) is 0 Å². The fourth-order valence-electron chi connectivity index (χ4n) is 3.40. The highest BCUT2D eigenvalue weighted by Gasteiger charge is 2.33. The molecular formula is C16H25N5O2S. The molecular weight excluding hydrogens is 326 g/mol. The van der Waals surface area contributed by atoms with Crippen LogP contribution in [0.15, 0.2) is 0 Å². The van der Waals surface area contributed by atoms with Gasteiger partial charge in [-0.25, -0.2) is 0 Å². The van der Waals surface area contributed by atoms with E-state index in [9.17, 15) is 9.59 Å². The summed E-state index contributed by atoms with van der Waals surface area (Å²) in [6, 6.07) is 0. The minimum Gasteiger partial charge on any atom is -0.355 e. The van der Waals surface area contributed by atoms with E-state index >= 15 is 0 Å². The number of piperidine rings is 1. The summed E-state index contributed by atoms with van der Waals surface area (Å²) in [5, 5.41) is 16.1. The quantitative estimate of drug-likeness (QED) is 0.799. The molecule has 2 amide bonds. The molecule has 1 aromatic heterocycles. The van der Waals surface area contributed by atoms with Crippen molar-refractivity contribution in [2.24, 2.45) is 11.8 Å². The Bertz CT molecular complexity index is 585. The minimum absolute atomic E-state index is 0.0302. The molecule has 2 atom stereocenters. The van der Waals surface area contributed by atoms with Crippen LogP contribution in [0.4, 0.5) is 0 Å². The highest BCUT2D eigenvalue weighted by atomic mass is 32.1. The molecule has 2 aliphatic heterocycles. The lowest BCUT2D eigenvalue weighted by Gasteiger charge is -2.31. The maximum Gasteiger partial charge on any atom is 0.226 e. The lowest BCUT2D eigenvalue weighted by molar-refractivity contribution is -0.136. The Morgan fingerprint density at radius 2 is 2.00 bits per heavy atom. The molecule has 2 N–H and O–H groups in total. The molecule has 2 aliphatic rings. The Balaban J connectivity index is 1.45. The zero-order valence-electron chi connectivity index (χ0n) is 14.1. The molecule has 0 spiro atoms. The van der Waals surface area contributed by atoms with E-state index in [1.165, 1.54) is 0 Å². The summed E-state index contributed by atoms with van der Waals surface area (Å²) < 4.78 is 0. The number of hydrogen-bond acceptors (Lipinski definition) is 6. The lowest BCUT2D eigenvalue weighted by atomic mass is 9.89. The summed E-state index contributed by atoms with van der Waals surface area (Å²) in [4.78, 5) is 26.8. The van der Waals surface area contributed by atoms with Crippen molar-refractivity contribution in [3.63, 3.8) is 0 Å². The van der Waals surface area contributed by atoms with Gasteiger partial charge in [0, 0.05) is 39.1 Å². The first-order valence-corrected chi connectivity index (χ1v) is 9.51. The highest BCUT2D eigenvalue weighted by molar-refractivity contribution is 7.11. The molecule has 0 bridgehead atoms. The second kappa shape index (κ2) is 8.02. The Morgan fingerprint density at radius 3 is 2.71 bits per heavy atom. The predicted octanol–water partition coefficient (Wildman–Crippen LogP) is 0.353. The lowest BCUT2D eigenvalue weighted by Crippen LogP contribution is -2.49. The van der Waals surface area contributed by atoms with Gasteiger partial charge < -0.3 is 15.5 Å². The number of nitrogens with zero attached hydrogens (tertiary/aromatic N) is 3. The van der Waals surface area contributed by atoms with Gasteiger partial charge in [0.2, 0.25) is 11.8 Å². The fourth-order valence-corrected chi connectivity index (χ4v) is 4.11. The van der Waals surface area contributed by atoms with Crippen molar-refractivity contribution in [2.45, 2.75) is 32.6 Å². The zero-order valence-corrected chi connectivity index (χ0v) is 14.9. The number of likely N-dealkylation sites (tertiary alicyclic amines) is 1. The first kappa shape index (κ1) is 17.3. The van der Waals surface area contributed by atoms with Crippen molar-refractivity contribution in [1.29, 1.82) is 0 Å². The first-order valence-electron chi connectivity index (χ1n) is 8.69. The fraction of sp³-hybridized carbons (Fsp3) is 0.750. The van der Waals surface area contributed by atoms with Crippen molar-refractivity contribution < 1.29 is 9.59 Å². The van der Waals surface area contributed by atoms with Crippen molar-refractivity contribution in [2.75, 3.05) is 32.7 Å². The second-order valence-corrected chi connectivity index (χ2v) is 7.84. The molecule has 24 heavy (non-hydrogen) atoms. The average molecular weight is 351 g/mol. The summed E-state index contributed by atoms with van der Waals surface area (Å²) in [5.74, 6) is 0.0364. The largest absolute Gasteiger partial charge is 0.355 e. The van der Waals surface area contributed by atoms with Crippen LogP contribution in [0.2, 0.25) is 0 Å². The predicted molar refractivity (Wildman–Crippen MR) is 91.6 cm³/mol. The van der Waals surface area contributed by atoms with Gasteiger partial charge >= 0.3 is 0 Å². The average Bonchev–Trinajstić information content (AvgIpc) is 3.26. The van der Waals surface area contributed by atoms with Gasteiger partial charge in [-0.3, -0.25) is 9.59 Å². The molecule has 3 rings (SSSR count). The normalized spacial score (nSPS) is 24.1. The van der Waals surface area contributed by atoms with Crippen LogP contribution in [-0.4, -0.2) is 59.6 Å². The van der Waals surface area contributed by atoms with Gasteiger partial charge in [0.1, 0.15) is 10.0 Å².